The number of nitrogens with one attached hydrogen (secondary N) is 1. The minimum absolute atomic E-state index is 0.221. The Hall–Kier alpha value is -4.83. The van der Waals surface area contributed by atoms with Crippen molar-refractivity contribution >= 4 is 37.5 Å². The summed E-state index contributed by atoms with van der Waals surface area (Å²) in [7, 11) is -1.84. The summed E-state index contributed by atoms with van der Waals surface area (Å²) in [6.07, 6.45) is 1.19. The number of rotatable bonds is 13. The van der Waals surface area contributed by atoms with Gasteiger partial charge in [0.25, 0.3) is 0 Å². The summed E-state index contributed by atoms with van der Waals surface area (Å²) in [5.41, 5.74) is 4.06. The van der Waals surface area contributed by atoms with Gasteiger partial charge in [-0.1, -0.05) is 72.8 Å². The van der Waals surface area contributed by atoms with Crippen molar-refractivity contribution in [2.24, 2.45) is 0 Å². The van der Waals surface area contributed by atoms with Gasteiger partial charge in [-0.3, -0.25) is 9.62 Å². The van der Waals surface area contributed by atoms with Crippen LogP contribution in [0.15, 0.2) is 121 Å². The van der Waals surface area contributed by atoms with Crippen molar-refractivity contribution in [3.63, 3.8) is 0 Å². The quantitative estimate of drug-likeness (QED) is 0.108. The fourth-order valence-electron chi connectivity index (χ4n) is 5.88. The van der Waals surface area contributed by atoms with Crippen molar-refractivity contribution in [3.8, 4) is 11.5 Å². The largest absolute Gasteiger partial charge is 0.497 e. The van der Waals surface area contributed by atoms with E-state index in [-0.39, 0.29) is 6.54 Å². The zero-order chi connectivity index (χ0) is 33.0. The molecule has 2 N–H and O–H groups in total. The number of anilines is 1. The van der Waals surface area contributed by atoms with Crippen LogP contribution < -0.4 is 19.1 Å². The molecular formula is C38H39N3O5S. The van der Waals surface area contributed by atoms with E-state index in [4.69, 9.17) is 9.47 Å². The lowest BCUT2D eigenvalue weighted by Gasteiger charge is -2.27. The third-order valence-corrected chi connectivity index (χ3v) is 9.50. The molecule has 0 saturated carbocycles. The van der Waals surface area contributed by atoms with Gasteiger partial charge in [-0.15, -0.1) is 0 Å². The number of fused-ring (bicyclic) bond motifs is 3. The highest BCUT2D eigenvalue weighted by Gasteiger charge is 2.24. The Morgan fingerprint density at radius 1 is 0.787 bits per heavy atom. The minimum atomic E-state index is -3.52. The van der Waals surface area contributed by atoms with E-state index in [0.717, 1.165) is 45.4 Å². The predicted molar refractivity (Wildman–Crippen MR) is 189 cm³/mol. The molecule has 1 atom stereocenters. The average molecular weight is 650 g/mol. The fraction of sp³-hybridized carbons (Fsp3) is 0.211. The Labute approximate surface area is 275 Å². The number of hydrogen-bond donors (Lipinski definition) is 2. The van der Waals surface area contributed by atoms with E-state index >= 15 is 0 Å². The normalized spacial score (nSPS) is 13.0. The van der Waals surface area contributed by atoms with Crippen LogP contribution in [0.25, 0.3) is 21.8 Å². The van der Waals surface area contributed by atoms with Crippen LogP contribution in [0.2, 0.25) is 0 Å². The smallest absolute Gasteiger partial charge is 0.232 e. The molecule has 242 valence electrons. The van der Waals surface area contributed by atoms with Gasteiger partial charge in [0.05, 0.1) is 31.1 Å². The number of ether oxygens (including phenoxy) is 2. The molecule has 9 heteroatoms. The Bertz CT molecular complexity index is 2080. The summed E-state index contributed by atoms with van der Waals surface area (Å²) in [5, 5.41) is 16.6. The van der Waals surface area contributed by atoms with Gasteiger partial charge in [0.2, 0.25) is 10.0 Å². The molecule has 0 unspecified atom stereocenters. The molecule has 0 saturated heterocycles. The van der Waals surface area contributed by atoms with E-state index in [9.17, 15) is 13.5 Å². The molecule has 1 heterocycles. The molecule has 0 radical (unpaired) electrons. The number of benzene rings is 5. The summed E-state index contributed by atoms with van der Waals surface area (Å²) >= 11 is 0. The van der Waals surface area contributed by atoms with E-state index in [1.807, 2.05) is 48.5 Å². The lowest BCUT2D eigenvalue weighted by atomic mass is 10.0. The van der Waals surface area contributed by atoms with Gasteiger partial charge in [0, 0.05) is 35.4 Å². The fourth-order valence-corrected chi connectivity index (χ4v) is 6.77. The SMILES string of the molecule is COc1ccc2c3cc(OCCN[C@](C)(O)c4ccc(N(Cc5ccccc5)S(C)(=O)=O)cc4)ccc3n(Cc3ccccc3)c2c1. The maximum atomic E-state index is 12.6. The van der Waals surface area contributed by atoms with Crippen molar-refractivity contribution < 1.29 is 23.0 Å². The van der Waals surface area contributed by atoms with Crippen molar-refractivity contribution in [2.45, 2.75) is 25.7 Å². The molecule has 0 aliphatic rings. The molecule has 0 bridgehead atoms. The van der Waals surface area contributed by atoms with Crippen molar-refractivity contribution in [3.05, 3.63) is 138 Å². The number of nitrogens with zero attached hydrogens (tertiary/aromatic N) is 2. The average Bonchev–Trinajstić information content (AvgIpc) is 3.37. The summed E-state index contributed by atoms with van der Waals surface area (Å²) in [4.78, 5) is 0. The van der Waals surface area contributed by atoms with Crippen molar-refractivity contribution in [2.75, 3.05) is 30.8 Å². The van der Waals surface area contributed by atoms with Gasteiger partial charge in [0.15, 0.2) is 0 Å². The lowest BCUT2D eigenvalue weighted by molar-refractivity contribution is 0.0169. The Morgan fingerprint density at radius 2 is 1.45 bits per heavy atom. The molecule has 5 aromatic carbocycles. The maximum absolute atomic E-state index is 12.6. The van der Waals surface area contributed by atoms with E-state index in [1.165, 1.54) is 16.1 Å². The monoisotopic (exact) mass is 649 g/mol. The van der Waals surface area contributed by atoms with Crippen LogP contribution in [-0.4, -0.2) is 44.6 Å². The molecule has 0 fully saturated rings. The van der Waals surface area contributed by atoms with Gasteiger partial charge in [-0.25, -0.2) is 8.42 Å². The first-order valence-corrected chi connectivity index (χ1v) is 17.3. The summed E-state index contributed by atoms with van der Waals surface area (Å²) in [5.74, 6) is 1.54. The second kappa shape index (κ2) is 13.5. The third-order valence-electron chi connectivity index (χ3n) is 8.35. The maximum Gasteiger partial charge on any atom is 0.232 e. The molecule has 0 aliphatic heterocycles. The summed E-state index contributed by atoms with van der Waals surface area (Å²) in [6.45, 7) is 3.33. The molecule has 0 amide bonds. The zero-order valence-electron chi connectivity index (χ0n) is 26.8. The summed E-state index contributed by atoms with van der Waals surface area (Å²) < 4.78 is 40.5. The van der Waals surface area contributed by atoms with Crippen LogP contribution in [0.4, 0.5) is 5.69 Å². The van der Waals surface area contributed by atoms with E-state index in [1.54, 1.807) is 38.3 Å². The molecule has 1 aromatic heterocycles. The second-order valence-corrected chi connectivity index (χ2v) is 13.7. The van der Waals surface area contributed by atoms with Crippen LogP contribution in [0, 0.1) is 0 Å². The molecule has 0 aliphatic carbocycles. The van der Waals surface area contributed by atoms with Gasteiger partial charge in [-0.2, -0.15) is 0 Å². The Balaban J connectivity index is 1.13. The van der Waals surface area contributed by atoms with Gasteiger partial charge < -0.3 is 19.1 Å². The molecule has 0 spiro atoms. The predicted octanol–water partition coefficient (Wildman–Crippen LogP) is 6.65. The standard InChI is InChI=1S/C38H39N3O5S/c1-38(42,30-14-16-31(17-15-30)41(47(3,43)44)27-29-12-8-5-9-13-29)39-22-23-46-33-19-21-36-35(24-33)34-20-18-32(45-2)25-37(34)40(36)26-28-10-6-4-7-11-28/h4-21,24-25,39,42H,22-23,26-27H2,1-3H3/t38-/m1/s1. The first kappa shape index (κ1) is 32.1. The number of aliphatic hydroxyl groups is 1. The van der Waals surface area contributed by atoms with E-state index < -0.39 is 15.7 Å². The second-order valence-electron chi connectivity index (χ2n) is 11.8. The minimum Gasteiger partial charge on any atom is -0.497 e. The molecule has 8 nitrogen and oxygen atoms in total. The number of hydrogen-bond acceptors (Lipinski definition) is 6. The number of methoxy groups -OCH3 is 1. The van der Waals surface area contributed by atoms with Crippen LogP contribution >= 0.6 is 0 Å². The van der Waals surface area contributed by atoms with Gasteiger partial charge >= 0.3 is 0 Å². The van der Waals surface area contributed by atoms with Crippen LogP contribution in [0.1, 0.15) is 23.6 Å². The van der Waals surface area contributed by atoms with Gasteiger partial charge in [-0.05, 0) is 66.1 Å². The van der Waals surface area contributed by atoms with Gasteiger partial charge in [0.1, 0.15) is 23.8 Å². The van der Waals surface area contributed by atoms with Crippen molar-refractivity contribution in [1.29, 1.82) is 0 Å². The zero-order valence-corrected chi connectivity index (χ0v) is 27.6. The number of sulfonamides is 1. The molecular weight excluding hydrogens is 611 g/mol. The lowest BCUT2D eigenvalue weighted by Crippen LogP contribution is -2.41. The number of aromatic nitrogens is 1. The third kappa shape index (κ3) is 7.28. The first-order chi connectivity index (χ1) is 22.6. The summed E-state index contributed by atoms with van der Waals surface area (Å²) in [6, 6.07) is 39.0. The van der Waals surface area contributed by atoms with Crippen LogP contribution in [0.3, 0.4) is 0 Å². The van der Waals surface area contributed by atoms with Crippen LogP contribution in [0.5, 0.6) is 11.5 Å². The topological polar surface area (TPSA) is 93.0 Å². The van der Waals surface area contributed by atoms with E-state index in [2.05, 4.69) is 58.4 Å². The van der Waals surface area contributed by atoms with Crippen molar-refractivity contribution in [1.82, 2.24) is 9.88 Å². The highest BCUT2D eigenvalue weighted by molar-refractivity contribution is 7.92. The Kier molecular flexibility index (Phi) is 9.22. The van der Waals surface area contributed by atoms with E-state index in [0.29, 0.717) is 24.4 Å². The van der Waals surface area contributed by atoms with Crippen LogP contribution in [-0.2, 0) is 28.8 Å². The molecule has 47 heavy (non-hydrogen) atoms. The molecule has 6 aromatic rings. The molecule has 6 rings (SSSR count). The highest BCUT2D eigenvalue weighted by atomic mass is 32.2. The first-order valence-electron chi connectivity index (χ1n) is 15.5. The highest BCUT2D eigenvalue weighted by Crippen LogP contribution is 2.34. The Morgan fingerprint density at radius 3 is 2.11 bits per heavy atom.